The highest BCUT2D eigenvalue weighted by molar-refractivity contribution is 5.77. The molecule has 26 heavy (non-hydrogen) atoms. The van der Waals surface area contributed by atoms with E-state index in [1.54, 1.807) is 6.20 Å². The van der Waals surface area contributed by atoms with Gasteiger partial charge in [0.1, 0.15) is 0 Å². The van der Waals surface area contributed by atoms with Crippen LogP contribution in [0.4, 0.5) is 0 Å². The van der Waals surface area contributed by atoms with Crippen LogP contribution in [0.3, 0.4) is 0 Å². The first-order valence-electron chi connectivity index (χ1n) is 9.55. The summed E-state index contributed by atoms with van der Waals surface area (Å²) < 4.78 is 0. The molecule has 1 atom stereocenters. The predicted molar refractivity (Wildman–Crippen MR) is 105 cm³/mol. The van der Waals surface area contributed by atoms with Crippen LogP contribution in [0.1, 0.15) is 48.4 Å². The third-order valence-corrected chi connectivity index (χ3v) is 5.04. The van der Waals surface area contributed by atoms with E-state index in [1.807, 2.05) is 18.3 Å². The molecule has 0 saturated carbocycles. The molecule has 1 aromatic carbocycles. The van der Waals surface area contributed by atoms with E-state index < -0.39 is 0 Å². The first-order valence-corrected chi connectivity index (χ1v) is 9.55. The smallest absolute Gasteiger partial charge is 0.223 e. The molecule has 4 nitrogen and oxygen atoms in total. The van der Waals surface area contributed by atoms with Crippen LogP contribution >= 0.6 is 0 Å². The lowest BCUT2D eigenvalue weighted by Gasteiger charge is -2.36. The number of aromatic nitrogens is 1. The van der Waals surface area contributed by atoms with Crippen LogP contribution in [0.25, 0.3) is 0 Å². The average molecular weight is 351 g/mol. The summed E-state index contributed by atoms with van der Waals surface area (Å²) in [6, 6.07) is 13.0. The lowest BCUT2D eigenvalue weighted by atomic mass is 9.94. The second-order valence-electron chi connectivity index (χ2n) is 7.44. The molecule has 1 fully saturated rings. The molecule has 1 aliphatic heterocycles. The van der Waals surface area contributed by atoms with Gasteiger partial charge in [-0.1, -0.05) is 30.3 Å². The lowest BCUT2D eigenvalue weighted by Crippen LogP contribution is -2.38. The normalized spacial score (nSPS) is 17.5. The van der Waals surface area contributed by atoms with Crippen molar-refractivity contribution in [3.05, 3.63) is 65.5 Å². The molecule has 0 aliphatic carbocycles. The number of benzene rings is 1. The fourth-order valence-corrected chi connectivity index (χ4v) is 3.73. The molecule has 2 heterocycles. The van der Waals surface area contributed by atoms with E-state index in [9.17, 15) is 4.79 Å². The van der Waals surface area contributed by atoms with Crippen molar-refractivity contribution in [3.8, 4) is 0 Å². The number of carbonyl (C=O) groups is 1. The number of piperidine rings is 1. The van der Waals surface area contributed by atoms with Crippen molar-refractivity contribution in [2.24, 2.45) is 0 Å². The fraction of sp³-hybridized carbons (Fsp3) is 0.455. The van der Waals surface area contributed by atoms with E-state index in [1.165, 1.54) is 17.5 Å². The molecule has 0 radical (unpaired) electrons. The maximum Gasteiger partial charge on any atom is 0.223 e. The molecular weight excluding hydrogens is 322 g/mol. The minimum atomic E-state index is 0.221. The highest BCUT2D eigenvalue weighted by Gasteiger charge is 2.27. The molecule has 138 valence electrons. The number of aryl methyl sites for hydroxylation is 1. The van der Waals surface area contributed by atoms with Crippen LogP contribution < -0.4 is 0 Å². The Kier molecular flexibility index (Phi) is 6.40. The van der Waals surface area contributed by atoms with Crippen molar-refractivity contribution in [2.45, 2.75) is 44.7 Å². The van der Waals surface area contributed by atoms with E-state index in [0.717, 1.165) is 37.9 Å². The Morgan fingerprint density at radius 3 is 2.65 bits per heavy atom. The quantitative estimate of drug-likeness (QED) is 0.794. The first-order chi connectivity index (χ1) is 12.6. The van der Waals surface area contributed by atoms with Crippen LogP contribution in [-0.2, 0) is 17.8 Å². The van der Waals surface area contributed by atoms with E-state index in [4.69, 9.17) is 0 Å². The number of pyridine rings is 1. The van der Waals surface area contributed by atoms with Gasteiger partial charge in [0.05, 0.1) is 6.04 Å². The molecule has 0 spiro atoms. The maximum atomic E-state index is 12.9. The maximum absolute atomic E-state index is 12.9. The molecule has 2 aromatic rings. The minimum Gasteiger partial charge on any atom is -0.336 e. The van der Waals surface area contributed by atoms with Crippen LogP contribution in [0.5, 0.6) is 0 Å². The Bertz CT molecular complexity index is 697. The monoisotopic (exact) mass is 351 g/mol. The summed E-state index contributed by atoms with van der Waals surface area (Å²) in [6.07, 6.45) is 8.30. The van der Waals surface area contributed by atoms with Gasteiger partial charge in [-0.25, -0.2) is 0 Å². The van der Waals surface area contributed by atoms with Gasteiger partial charge in [0.25, 0.3) is 0 Å². The van der Waals surface area contributed by atoms with Gasteiger partial charge in [0.2, 0.25) is 5.91 Å². The second kappa shape index (κ2) is 8.95. The molecule has 1 aliphatic rings. The number of nitrogens with zero attached hydrogens (tertiary/aromatic N) is 3. The van der Waals surface area contributed by atoms with Crippen molar-refractivity contribution in [1.82, 2.24) is 14.8 Å². The molecule has 0 bridgehead atoms. The van der Waals surface area contributed by atoms with E-state index in [-0.39, 0.29) is 11.9 Å². The van der Waals surface area contributed by atoms with Crippen molar-refractivity contribution in [2.75, 3.05) is 20.6 Å². The first kappa shape index (κ1) is 18.6. The predicted octanol–water partition coefficient (Wildman–Crippen LogP) is 3.83. The number of amides is 1. The molecule has 4 heteroatoms. The van der Waals surface area contributed by atoms with Gasteiger partial charge in [0.15, 0.2) is 0 Å². The second-order valence-corrected chi connectivity index (χ2v) is 7.44. The summed E-state index contributed by atoms with van der Waals surface area (Å²) in [5.41, 5.74) is 3.70. The Morgan fingerprint density at radius 2 is 1.96 bits per heavy atom. The molecule has 1 aromatic heterocycles. The Labute approximate surface area is 156 Å². The summed E-state index contributed by atoms with van der Waals surface area (Å²) in [5.74, 6) is 0.260. The summed E-state index contributed by atoms with van der Waals surface area (Å²) in [7, 11) is 4.16. The Balaban J connectivity index is 1.66. The van der Waals surface area contributed by atoms with Crippen molar-refractivity contribution in [3.63, 3.8) is 0 Å². The van der Waals surface area contributed by atoms with Crippen molar-refractivity contribution < 1.29 is 4.79 Å². The Morgan fingerprint density at radius 1 is 1.15 bits per heavy atom. The van der Waals surface area contributed by atoms with E-state index in [2.05, 4.69) is 53.1 Å². The topological polar surface area (TPSA) is 36.4 Å². The summed E-state index contributed by atoms with van der Waals surface area (Å²) in [4.78, 5) is 21.3. The molecule has 3 rings (SSSR count). The average Bonchev–Trinajstić information content (AvgIpc) is 2.67. The number of likely N-dealkylation sites (tertiary alicyclic amines) is 1. The van der Waals surface area contributed by atoms with Crippen LogP contribution in [0.2, 0.25) is 0 Å². The van der Waals surface area contributed by atoms with Crippen molar-refractivity contribution in [1.29, 1.82) is 0 Å². The molecule has 1 saturated heterocycles. The lowest BCUT2D eigenvalue weighted by molar-refractivity contribution is -0.135. The molecule has 1 unspecified atom stereocenters. The van der Waals surface area contributed by atoms with Gasteiger partial charge in [0, 0.05) is 31.9 Å². The largest absolute Gasteiger partial charge is 0.336 e. The van der Waals surface area contributed by atoms with Gasteiger partial charge in [-0.15, -0.1) is 0 Å². The minimum absolute atomic E-state index is 0.221. The summed E-state index contributed by atoms with van der Waals surface area (Å²) >= 11 is 0. The third-order valence-electron chi connectivity index (χ3n) is 5.04. The molecule has 1 amide bonds. The molecular formula is C22H29N3O. The van der Waals surface area contributed by atoms with Crippen molar-refractivity contribution >= 4 is 5.91 Å². The number of hydrogen-bond donors (Lipinski definition) is 0. The van der Waals surface area contributed by atoms with Crippen LogP contribution in [0, 0.1) is 0 Å². The van der Waals surface area contributed by atoms with Gasteiger partial charge in [-0.3, -0.25) is 9.78 Å². The highest BCUT2D eigenvalue weighted by atomic mass is 16.2. The highest BCUT2D eigenvalue weighted by Crippen LogP contribution is 2.31. The van der Waals surface area contributed by atoms with E-state index in [0.29, 0.717) is 6.42 Å². The zero-order valence-electron chi connectivity index (χ0n) is 15.9. The third kappa shape index (κ3) is 4.92. The fourth-order valence-electron chi connectivity index (χ4n) is 3.73. The van der Waals surface area contributed by atoms with Gasteiger partial charge in [-0.2, -0.15) is 0 Å². The number of rotatable bonds is 6. The molecule has 0 N–H and O–H groups in total. The zero-order chi connectivity index (χ0) is 18.4. The van der Waals surface area contributed by atoms with Crippen LogP contribution in [0.15, 0.2) is 48.8 Å². The standard InChI is InChI=1S/C22H29N3O/c1-24(2)17-19-8-11-20(12-9-19)21-7-3-4-15-25(21)22(26)13-10-18-6-5-14-23-16-18/h5-6,8-9,11-12,14,16,21H,3-4,7,10,13,15,17H2,1-2H3. The van der Waals surface area contributed by atoms with Crippen LogP contribution in [-0.4, -0.2) is 41.3 Å². The SMILES string of the molecule is CN(C)Cc1ccc(C2CCCCN2C(=O)CCc2cccnc2)cc1. The number of hydrogen-bond acceptors (Lipinski definition) is 3. The zero-order valence-corrected chi connectivity index (χ0v) is 15.9. The number of carbonyl (C=O) groups excluding carboxylic acids is 1. The van der Waals surface area contributed by atoms with E-state index >= 15 is 0 Å². The van der Waals surface area contributed by atoms with Gasteiger partial charge < -0.3 is 9.80 Å². The van der Waals surface area contributed by atoms with Gasteiger partial charge in [-0.05, 0) is 62.5 Å². The van der Waals surface area contributed by atoms with Gasteiger partial charge >= 0.3 is 0 Å². The Hall–Kier alpha value is -2.20. The summed E-state index contributed by atoms with van der Waals surface area (Å²) in [5, 5.41) is 0. The summed E-state index contributed by atoms with van der Waals surface area (Å²) in [6.45, 7) is 1.81.